The normalized spacial score (nSPS) is 18.0. The van der Waals surface area contributed by atoms with Gasteiger partial charge in [-0.3, -0.25) is 4.79 Å². The highest BCUT2D eigenvalue weighted by Crippen LogP contribution is 2.27. The quantitative estimate of drug-likeness (QED) is 0.742. The Morgan fingerprint density at radius 2 is 1.93 bits per heavy atom. The number of hydrogen-bond acceptors (Lipinski definition) is 4. The molecule has 3 rings (SSSR count). The third-order valence-electron chi connectivity index (χ3n) is 5.18. The number of amides is 1. The molecule has 1 aromatic carbocycles. The smallest absolute Gasteiger partial charge is 0.233 e. The van der Waals surface area contributed by atoms with E-state index in [1.807, 2.05) is 16.5 Å². The molecule has 2 aromatic rings. The minimum atomic E-state index is 0.131. The molecule has 5 nitrogen and oxygen atoms in total. The highest BCUT2D eigenvalue weighted by molar-refractivity contribution is 7.99. The number of thioether (sulfide) groups is 1. The Kier molecular flexibility index (Phi) is 5.94. The maximum Gasteiger partial charge on any atom is 0.233 e. The molecule has 2 heterocycles. The van der Waals surface area contributed by atoms with E-state index in [4.69, 9.17) is 0 Å². The van der Waals surface area contributed by atoms with Crippen molar-refractivity contribution in [1.29, 1.82) is 0 Å². The number of nitrogens with zero attached hydrogens (tertiary/aromatic N) is 4. The fraction of sp³-hybridized carbons (Fsp3) is 0.571. The predicted octanol–water partition coefficient (Wildman–Crippen LogP) is 4.13. The zero-order valence-electron chi connectivity index (χ0n) is 17.0. The summed E-state index contributed by atoms with van der Waals surface area (Å²) in [5, 5.41) is 9.43. The molecule has 0 aliphatic carbocycles. The molecule has 1 fully saturated rings. The number of piperidine rings is 1. The van der Waals surface area contributed by atoms with E-state index in [0.29, 0.717) is 11.7 Å². The number of rotatable bonds is 4. The Hall–Kier alpha value is -1.82. The zero-order valence-corrected chi connectivity index (χ0v) is 17.8. The molecule has 0 unspecified atom stereocenters. The van der Waals surface area contributed by atoms with Crippen LogP contribution in [0.25, 0.3) is 11.4 Å². The topological polar surface area (TPSA) is 51.0 Å². The second kappa shape index (κ2) is 8.05. The number of carbonyl (C=O) groups is 1. The van der Waals surface area contributed by atoms with Crippen LogP contribution in [0.4, 0.5) is 0 Å². The van der Waals surface area contributed by atoms with Gasteiger partial charge >= 0.3 is 0 Å². The van der Waals surface area contributed by atoms with Gasteiger partial charge in [-0.1, -0.05) is 63.7 Å². The van der Waals surface area contributed by atoms with Crippen molar-refractivity contribution in [2.24, 2.45) is 13.0 Å². The summed E-state index contributed by atoms with van der Waals surface area (Å²) in [6.45, 7) is 10.6. The van der Waals surface area contributed by atoms with Crippen molar-refractivity contribution in [3.8, 4) is 11.4 Å². The van der Waals surface area contributed by atoms with Crippen LogP contribution in [0.2, 0.25) is 0 Å². The largest absolute Gasteiger partial charge is 0.342 e. The molecule has 0 N–H and O–H groups in total. The van der Waals surface area contributed by atoms with E-state index in [1.54, 1.807) is 0 Å². The molecule has 0 saturated carbocycles. The summed E-state index contributed by atoms with van der Waals surface area (Å²) >= 11 is 1.47. The number of aromatic nitrogens is 3. The van der Waals surface area contributed by atoms with E-state index in [9.17, 15) is 4.79 Å². The van der Waals surface area contributed by atoms with Crippen LogP contribution in [0, 0.1) is 5.92 Å². The van der Waals surface area contributed by atoms with Crippen molar-refractivity contribution >= 4 is 17.7 Å². The Labute approximate surface area is 166 Å². The van der Waals surface area contributed by atoms with Gasteiger partial charge in [0.2, 0.25) is 5.91 Å². The van der Waals surface area contributed by atoms with E-state index in [1.165, 1.54) is 23.7 Å². The molecule has 146 valence electrons. The molecule has 27 heavy (non-hydrogen) atoms. The molecule has 1 aromatic heterocycles. The van der Waals surface area contributed by atoms with Crippen LogP contribution in [-0.2, 0) is 17.3 Å². The van der Waals surface area contributed by atoms with E-state index in [0.717, 1.165) is 36.1 Å². The molecule has 1 atom stereocenters. The highest BCUT2D eigenvalue weighted by atomic mass is 32.2. The Morgan fingerprint density at radius 3 is 2.56 bits per heavy atom. The standard InChI is InChI=1S/C21H30N4OS/c1-15-7-6-12-25(13-15)18(26)14-27-20-23-22-19(24(20)5)16-8-10-17(11-9-16)21(2,3)4/h8-11,15H,6-7,12-14H2,1-5H3/t15-/m1/s1. The first kappa shape index (κ1) is 19.9. The van der Waals surface area contributed by atoms with Crippen molar-refractivity contribution in [2.45, 2.75) is 51.1 Å². The predicted molar refractivity (Wildman–Crippen MR) is 111 cm³/mol. The summed E-state index contributed by atoms with van der Waals surface area (Å²) < 4.78 is 1.98. The van der Waals surface area contributed by atoms with Crippen LogP contribution in [-0.4, -0.2) is 44.4 Å². The maximum absolute atomic E-state index is 12.5. The third-order valence-corrected chi connectivity index (χ3v) is 6.18. The van der Waals surface area contributed by atoms with Crippen molar-refractivity contribution in [2.75, 3.05) is 18.8 Å². The summed E-state index contributed by atoms with van der Waals surface area (Å²) in [6.07, 6.45) is 2.33. The molecule has 6 heteroatoms. The maximum atomic E-state index is 12.5. The number of benzene rings is 1. The Bertz CT molecular complexity index is 792. The lowest BCUT2D eigenvalue weighted by molar-refractivity contribution is -0.130. The van der Waals surface area contributed by atoms with Gasteiger partial charge in [0.05, 0.1) is 5.75 Å². The first-order valence-corrected chi connectivity index (χ1v) is 10.6. The van der Waals surface area contributed by atoms with Crippen LogP contribution < -0.4 is 0 Å². The van der Waals surface area contributed by atoms with Crippen LogP contribution in [0.3, 0.4) is 0 Å². The van der Waals surface area contributed by atoms with Gasteiger partial charge in [0.1, 0.15) is 0 Å². The fourth-order valence-electron chi connectivity index (χ4n) is 3.44. The second-order valence-electron chi connectivity index (χ2n) is 8.57. The van der Waals surface area contributed by atoms with Crippen LogP contribution in [0.15, 0.2) is 29.4 Å². The number of hydrogen-bond donors (Lipinski definition) is 0. The summed E-state index contributed by atoms with van der Waals surface area (Å²) in [6, 6.07) is 8.49. The fourth-order valence-corrected chi connectivity index (χ4v) is 4.26. The Balaban J connectivity index is 1.66. The summed E-state index contributed by atoms with van der Waals surface area (Å²) in [4.78, 5) is 14.5. The monoisotopic (exact) mass is 386 g/mol. The second-order valence-corrected chi connectivity index (χ2v) is 9.51. The molecule has 0 spiro atoms. The first-order chi connectivity index (χ1) is 12.8. The van der Waals surface area contributed by atoms with E-state index in [2.05, 4.69) is 62.2 Å². The van der Waals surface area contributed by atoms with Gasteiger partial charge in [-0.2, -0.15) is 0 Å². The van der Waals surface area contributed by atoms with Gasteiger partial charge in [-0.05, 0) is 29.7 Å². The minimum absolute atomic E-state index is 0.131. The summed E-state index contributed by atoms with van der Waals surface area (Å²) in [5.74, 6) is 2.05. The Morgan fingerprint density at radius 1 is 1.22 bits per heavy atom. The van der Waals surface area contributed by atoms with Crippen molar-refractivity contribution in [3.05, 3.63) is 29.8 Å². The van der Waals surface area contributed by atoms with Gasteiger partial charge in [0.25, 0.3) is 0 Å². The molecule has 0 bridgehead atoms. The SMILES string of the molecule is C[C@@H]1CCCN(C(=O)CSc2nnc(-c3ccc(C(C)(C)C)cc3)n2C)C1. The number of carbonyl (C=O) groups excluding carboxylic acids is 1. The summed E-state index contributed by atoms with van der Waals surface area (Å²) in [7, 11) is 1.96. The van der Waals surface area contributed by atoms with E-state index >= 15 is 0 Å². The van der Waals surface area contributed by atoms with Crippen molar-refractivity contribution in [1.82, 2.24) is 19.7 Å². The molecule has 1 aliphatic rings. The van der Waals surface area contributed by atoms with Gasteiger partial charge in [-0.15, -0.1) is 10.2 Å². The average Bonchev–Trinajstić information content (AvgIpc) is 2.99. The van der Waals surface area contributed by atoms with Crippen LogP contribution in [0.1, 0.15) is 46.1 Å². The van der Waals surface area contributed by atoms with E-state index < -0.39 is 0 Å². The zero-order chi connectivity index (χ0) is 19.6. The van der Waals surface area contributed by atoms with Gasteiger partial charge in [-0.25, -0.2) is 0 Å². The van der Waals surface area contributed by atoms with Crippen molar-refractivity contribution in [3.63, 3.8) is 0 Å². The molecular formula is C21H30N4OS. The lowest BCUT2D eigenvalue weighted by atomic mass is 9.87. The van der Waals surface area contributed by atoms with Crippen molar-refractivity contribution < 1.29 is 4.79 Å². The van der Waals surface area contributed by atoms with Gasteiger partial charge in [0.15, 0.2) is 11.0 Å². The van der Waals surface area contributed by atoms with E-state index in [-0.39, 0.29) is 11.3 Å². The summed E-state index contributed by atoms with van der Waals surface area (Å²) in [5.41, 5.74) is 2.47. The minimum Gasteiger partial charge on any atom is -0.342 e. The molecule has 0 radical (unpaired) electrons. The lowest BCUT2D eigenvalue weighted by Gasteiger charge is -2.30. The number of likely N-dealkylation sites (tertiary alicyclic amines) is 1. The molecule has 1 aliphatic heterocycles. The van der Waals surface area contributed by atoms with Crippen LogP contribution in [0.5, 0.6) is 0 Å². The first-order valence-electron chi connectivity index (χ1n) is 9.66. The highest BCUT2D eigenvalue weighted by Gasteiger charge is 2.22. The lowest BCUT2D eigenvalue weighted by Crippen LogP contribution is -2.40. The molecular weight excluding hydrogens is 356 g/mol. The van der Waals surface area contributed by atoms with Gasteiger partial charge in [0, 0.05) is 25.7 Å². The van der Waals surface area contributed by atoms with Gasteiger partial charge < -0.3 is 9.47 Å². The third kappa shape index (κ3) is 4.72. The molecule has 1 saturated heterocycles. The van der Waals surface area contributed by atoms with Crippen LogP contribution >= 0.6 is 11.8 Å². The molecule has 1 amide bonds. The average molecular weight is 387 g/mol.